The van der Waals surface area contributed by atoms with Crippen molar-refractivity contribution in [3.8, 4) is 0 Å². The Hall–Kier alpha value is -3.26. The van der Waals surface area contributed by atoms with Crippen molar-refractivity contribution in [2.24, 2.45) is 0 Å². The van der Waals surface area contributed by atoms with Gasteiger partial charge in [-0.15, -0.1) is 0 Å². The van der Waals surface area contributed by atoms with Crippen LogP contribution >= 0.6 is 11.5 Å². The van der Waals surface area contributed by atoms with Crippen LogP contribution in [0.25, 0.3) is 21.0 Å². The van der Waals surface area contributed by atoms with Crippen LogP contribution in [-0.4, -0.2) is 26.6 Å². The average molecular weight is 452 g/mol. The van der Waals surface area contributed by atoms with Crippen molar-refractivity contribution in [1.82, 2.24) is 13.5 Å². The van der Waals surface area contributed by atoms with Gasteiger partial charge < -0.3 is 4.74 Å². The largest absolute Gasteiger partial charge is 0.469 e. The molecule has 32 heavy (non-hydrogen) atoms. The number of rotatable bonds is 6. The van der Waals surface area contributed by atoms with Gasteiger partial charge in [0.25, 0.3) is 5.56 Å². The molecule has 0 aliphatic rings. The first-order chi connectivity index (χ1) is 15.3. The topological polar surface area (TPSA) is 83.2 Å². The van der Waals surface area contributed by atoms with Crippen LogP contribution in [0.4, 0.5) is 0 Å². The second-order valence-corrected chi connectivity index (χ2v) is 8.79. The van der Waals surface area contributed by atoms with Gasteiger partial charge >= 0.3 is 11.7 Å². The fraction of sp³-hybridized carbons (Fsp3) is 0.333. The molecular formula is C24H25N3O4S. The fourth-order valence-electron chi connectivity index (χ4n) is 4.29. The maximum atomic E-state index is 13.6. The van der Waals surface area contributed by atoms with E-state index in [-0.39, 0.29) is 13.0 Å². The smallest absolute Gasteiger partial charge is 0.332 e. The fourth-order valence-corrected chi connectivity index (χ4v) is 5.25. The number of carbonyl (C=O) groups is 1. The first kappa shape index (κ1) is 22.0. The molecule has 7 nitrogen and oxygen atoms in total. The van der Waals surface area contributed by atoms with E-state index in [4.69, 9.17) is 4.74 Å². The van der Waals surface area contributed by atoms with E-state index in [1.807, 2.05) is 26.8 Å². The van der Waals surface area contributed by atoms with Gasteiger partial charge in [-0.05, 0) is 61.1 Å². The molecule has 4 rings (SSSR count). The molecule has 0 saturated carbocycles. The van der Waals surface area contributed by atoms with E-state index in [0.717, 1.165) is 26.9 Å². The van der Waals surface area contributed by atoms with Gasteiger partial charge in [0.05, 0.1) is 47.4 Å². The third-order valence-electron chi connectivity index (χ3n) is 5.84. The molecule has 8 heteroatoms. The Morgan fingerprint density at radius 2 is 1.94 bits per heavy atom. The first-order valence-corrected chi connectivity index (χ1v) is 11.3. The van der Waals surface area contributed by atoms with Gasteiger partial charge in [0, 0.05) is 5.39 Å². The number of carbonyl (C=O) groups excluding carboxylic acids is 1. The molecule has 0 aliphatic heterocycles. The van der Waals surface area contributed by atoms with Gasteiger partial charge in [-0.2, -0.15) is 4.37 Å². The maximum Gasteiger partial charge on any atom is 0.332 e. The quantitative estimate of drug-likeness (QED) is 0.415. The highest BCUT2D eigenvalue weighted by molar-refractivity contribution is 7.13. The number of nitrogens with zero attached hydrogens (tertiary/aromatic N) is 3. The predicted octanol–water partition coefficient (Wildman–Crippen LogP) is 3.95. The van der Waals surface area contributed by atoms with Gasteiger partial charge in [-0.3, -0.25) is 18.7 Å². The minimum atomic E-state index is -0.588. The molecule has 0 aliphatic carbocycles. The number of hydrogen-bond donors (Lipinski definition) is 0. The highest BCUT2D eigenvalue weighted by atomic mass is 32.1. The highest BCUT2D eigenvalue weighted by Gasteiger charge is 2.23. The first-order valence-electron chi connectivity index (χ1n) is 10.5. The number of para-hydroxylation sites is 1. The molecule has 0 spiro atoms. The Kier molecular flexibility index (Phi) is 5.97. The summed E-state index contributed by atoms with van der Waals surface area (Å²) in [6, 6.07) is 10.7. The van der Waals surface area contributed by atoms with Crippen molar-refractivity contribution in [3.63, 3.8) is 0 Å². The zero-order valence-corrected chi connectivity index (χ0v) is 19.4. The number of methoxy groups -OCH3 is 1. The lowest BCUT2D eigenvalue weighted by Gasteiger charge is -2.19. The summed E-state index contributed by atoms with van der Waals surface area (Å²) >= 11 is 1.41. The monoisotopic (exact) mass is 451 g/mol. The van der Waals surface area contributed by atoms with E-state index in [1.165, 1.54) is 23.2 Å². The normalized spacial score (nSPS) is 12.4. The van der Waals surface area contributed by atoms with E-state index < -0.39 is 23.3 Å². The van der Waals surface area contributed by atoms with Crippen LogP contribution in [0.2, 0.25) is 0 Å². The summed E-state index contributed by atoms with van der Waals surface area (Å²) in [5, 5.41) is 1.47. The third kappa shape index (κ3) is 3.75. The minimum absolute atomic E-state index is 0.0432. The molecule has 2 aromatic heterocycles. The zero-order valence-electron chi connectivity index (χ0n) is 18.5. The molecule has 0 saturated heterocycles. The summed E-state index contributed by atoms with van der Waals surface area (Å²) in [5.41, 5.74) is 2.77. The minimum Gasteiger partial charge on any atom is -0.469 e. The lowest BCUT2D eigenvalue weighted by molar-refractivity contribution is -0.141. The molecule has 0 fully saturated rings. The predicted molar refractivity (Wildman–Crippen MR) is 127 cm³/mol. The number of ether oxygens (including phenoxy) is 1. The molecule has 1 unspecified atom stereocenters. The van der Waals surface area contributed by atoms with E-state index in [0.29, 0.717) is 17.3 Å². The van der Waals surface area contributed by atoms with Gasteiger partial charge in [-0.1, -0.05) is 25.1 Å². The second kappa shape index (κ2) is 8.70. The van der Waals surface area contributed by atoms with Crippen molar-refractivity contribution in [3.05, 3.63) is 74.1 Å². The Labute approximate surface area is 189 Å². The van der Waals surface area contributed by atoms with Crippen LogP contribution in [-0.2, 0) is 16.1 Å². The highest BCUT2D eigenvalue weighted by Crippen LogP contribution is 2.28. The molecule has 4 aromatic rings. The summed E-state index contributed by atoms with van der Waals surface area (Å²) in [6.45, 7) is 6.17. The summed E-state index contributed by atoms with van der Waals surface area (Å²) < 4.78 is 13.3. The number of aromatic nitrogens is 3. The molecule has 2 aromatic carbocycles. The van der Waals surface area contributed by atoms with Crippen LogP contribution in [0.15, 0.2) is 46.0 Å². The molecule has 0 N–H and O–H groups in total. The van der Waals surface area contributed by atoms with Gasteiger partial charge in [0.15, 0.2) is 0 Å². The summed E-state index contributed by atoms with van der Waals surface area (Å²) in [6.07, 6.45) is 0.402. The SMILES string of the molecule is CCC(CC(=O)OC)n1c(=O)c2ccccc2n(Cc2nsc3cc(C)cc(C)c23)c1=O. The van der Waals surface area contributed by atoms with Crippen LogP contribution in [0, 0.1) is 13.8 Å². The van der Waals surface area contributed by atoms with Crippen LogP contribution in [0.5, 0.6) is 0 Å². The number of esters is 1. The third-order valence-corrected chi connectivity index (χ3v) is 6.67. The van der Waals surface area contributed by atoms with Crippen LogP contribution < -0.4 is 11.2 Å². The van der Waals surface area contributed by atoms with Gasteiger partial charge in [0.2, 0.25) is 0 Å². The summed E-state index contributed by atoms with van der Waals surface area (Å²) in [4.78, 5) is 38.8. The van der Waals surface area contributed by atoms with Crippen molar-refractivity contribution in [1.29, 1.82) is 0 Å². The van der Waals surface area contributed by atoms with Gasteiger partial charge in [0.1, 0.15) is 0 Å². The van der Waals surface area contributed by atoms with Crippen molar-refractivity contribution < 1.29 is 9.53 Å². The van der Waals surface area contributed by atoms with E-state index >= 15 is 0 Å². The number of fused-ring (bicyclic) bond motifs is 2. The van der Waals surface area contributed by atoms with E-state index in [1.54, 1.807) is 22.8 Å². The standard InChI is InChI=1S/C24H25N3O4S/c1-5-16(12-21(28)31-4)27-23(29)17-8-6-7-9-19(17)26(24(27)30)13-18-22-15(3)10-14(2)11-20(22)32-25-18/h6-11,16H,5,12-13H2,1-4H3. The molecule has 0 bridgehead atoms. The zero-order chi connectivity index (χ0) is 23.0. The summed E-state index contributed by atoms with van der Waals surface area (Å²) in [7, 11) is 1.30. The summed E-state index contributed by atoms with van der Waals surface area (Å²) in [5.74, 6) is -0.459. The number of hydrogen-bond acceptors (Lipinski definition) is 6. The Bertz CT molecular complexity index is 1450. The molecule has 0 radical (unpaired) electrons. The average Bonchev–Trinajstić information content (AvgIpc) is 3.18. The lowest BCUT2D eigenvalue weighted by atomic mass is 10.1. The maximum absolute atomic E-state index is 13.6. The van der Waals surface area contributed by atoms with Crippen molar-refractivity contribution in [2.75, 3.05) is 7.11 Å². The second-order valence-electron chi connectivity index (χ2n) is 7.99. The van der Waals surface area contributed by atoms with Crippen molar-refractivity contribution >= 4 is 38.5 Å². The van der Waals surface area contributed by atoms with Crippen LogP contribution in [0.3, 0.4) is 0 Å². The number of benzene rings is 2. The molecule has 1 atom stereocenters. The van der Waals surface area contributed by atoms with Crippen LogP contribution in [0.1, 0.15) is 42.6 Å². The van der Waals surface area contributed by atoms with E-state index in [9.17, 15) is 14.4 Å². The number of aryl methyl sites for hydroxylation is 2. The molecule has 0 amide bonds. The Balaban J connectivity index is 1.95. The van der Waals surface area contributed by atoms with Gasteiger partial charge in [-0.25, -0.2) is 4.79 Å². The Morgan fingerprint density at radius 3 is 2.66 bits per heavy atom. The molecule has 166 valence electrons. The lowest BCUT2D eigenvalue weighted by Crippen LogP contribution is -2.43. The van der Waals surface area contributed by atoms with Crippen molar-refractivity contribution in [2.45, 2.75) is 46.2 Å². The molecular weight excluding hydrogens is 426 g/mol. The molecule has 2 heterocycles. The van der Waals surface area contributed by atoms with E-state index in [2.05, 4.69) is 16.5 Å². The Morgan fingerprint density at radius 1 is 1.19 bits per heavy atom.